The second kappa shape index (κ2) is 5.29. The van der Waals surface area contributed by atoms with Crippen molar-refractivity contribution in [2.24, 2.45) is 5.84 Å². The fourth-order valence-electron chi connectivity index (χ4n) is 2.37. The van der Waals surface area contributed by atoms with Crippen LogP contribution in [0.15, 0.2) is 52.9 Å². The highest BCUT2D eigenvalue weighted by molar-refractivity contribution is 6.31. The number of fused-ring (bicyclic) bond motifs is 1. The van der Waals surface area contributed by atoms with Crippen LogP contribution in [0.5, 0.6) is 0 Å². The number of hydrogen-bond donors (Lipinski definition) is 2. The minimum absolute atomic E-state index is 0.180. The summed E-state index contributed by atoms with van der Waals surface area (Å²) in [5.41, 5.74) is 5.86. The molecular weight excluding hydrogens is 272 g/mol. The Hall–Kier alpha value is -1.81. The second-order valence-corrected chi connectivity index (χ2v) is 5.28. The van der Waals surface area contributed by atoms with Crippen LogP contribution >= 0.6 is 11.6 Å². The third kappa shape index (κ3) is 2.43. The van der Waals surface area contributed by atoms with Crippen molar-refractivity contribution in [2.45, 2.75) is 13.0 Å². The first-order valence-corrected chi connectivity index (χ1v) is 6.77. The molecule has 20 heavy (non-hydrogen) atoms. The lowest BCUT2D eigenvalue weighted by Crippen LogP contribution is -2.28. The largest absolute Gasteiger partial charge is 0.459 e. The van der Waals surface area contributed by atoms with Gasteiger partial charge in [0, 0.05) is 10.4 Å². The number of hydrogen-bond acceptors (Lipinski definition) is 3. The number of aryl methyl sites for hydroxylation is 1. The highest BCUT2D eigenvalue weighted by atomic mass is 35.5. The number of nitrogens with one attached hydrogen (secondary N) is 1. The van der Waals surface area contributed by atoms with Gasteiger partial charge in [0.25, 0.3) is 0 Å². The molecule has 3 nitrogen and oxygen atoms in total. The molecule has 1 atom stereocenters. The molecule has 0 fully saturated rings. The molecule has 0 aliphatic rings. The summed E-state index contributed by atoms with van der Waals surface area (Å²) in [5, 5.41) is 1.66. The van der Waals surface area contributed by atoms with Crippen molar-refractivity contribution >= 4 is 22.6 Å². The highest BCUT2D eigenvalue weighted by Crippen LogP contribution is 2.29. The van der Waals surface area contributed by atoms with Crippen molar-refractivity contribution in [3.8, 4) is 0 Å². The summed E-state index contributed by atoms with van der Waals surface area (Å²) in [4.78, 5) is 0. The number of nitrogens with two attached hydrogens (primary N) is 1. The summed E-state index contributed by atoms with van der Waals surface area (Å²) in [6, 6.07) is 15.5. The quantitative estimate of drug-likeness (QED) is 0.566. The van der Waals surface area contributed by atoms with Crippen molar-refractivity contribution in [1.82, 2.24) is 5.43 Å². The van der Waals surface area contributed by atoms with Crippen molar-refractivity contribution in [3.63, 3.8) is 0 Å². The molecule has 0 amide bonds. The zero-order valence-corrected chi connectivity index (χ0v) is 11.8. The van der Waals surface area contributed by atoms with Gasteiger partial charge in [-0.05, 0) is 36.8 Å². The molecule has 0 bridgehead atoms. The molecule has 0 radical (unpaired) electrons. The normalized spacial score (nSPS) is 12.8. The predicted molar refractivity (Wildman–Crippen MR) is 81.6 cm³/mol. The Morgan fingerprint density at radius 1 is 1.15 bits per heavy atom. The van der Waals surface area contributed by atoms with Gasteiger partial charge in [0.1, 0.15) is 17.4 Å². The third-order valence-electron chi connectivity index (χ3n) is 3.32. The van der Waals surface area contributed by atoms with Crippen LogP contribution in [0.3, 0.4) is 0 Å². The fourth-order valence-corrected chi connectivity index (χ4v) is 2.55. The molecule has 3 N–H and O–H groups in total. The van der Waals surface area contributed by atoms with Gasteiger partial charge in [-0.15, -0.1) is 0 Å². The molecule has 102 valence electrons. The number of benzene rings is 2. The van der Waals surface area contributed by atoms with Crippen LogP contribution in [0.25, 0.3) is 11.0 Å². The summed E-state index contributed by atoms with van der Waals surface area (Å²) in [6.07, 6.45) is 0. The average Bonchev–Trinajstić information content (AvgIpc) is 2.82. The van der Waals surface area contributed by atoms with Gasteiger partial charge in [-0.25, -0.2) is 5.43 Å². The Labute approximate surface area is 122 Å². The number of rotatable bonds is 3. The maximum Gasteiger partial charge on any atom is 0.134 e. The van der Waals surface area contributed by atoms with Gasteiger partial charge >= 0.3 is 0 Å². The van der Waals surface area contributed by atoms with Gasteiger partial charge in [0.05, 0.1) is 0 Å². The first-order chi connectivity index (χ1) is 9.67. The van der Waals surface area contributed by atoms with E-state index in [1.165, 1.54) is 5.56 Å². The molecule has 0 saturated carbocycles. The maximum absolute atomic E-state index is 6.00. The summed E-state index contributed by atoms with van der Waals surface area (Å²) in [5.74, 6) is 6.48. The SMILES string of the molecule is Cc1cccc(C(NN)c2cc3cc(Cl)ccc3o2)c1. The van der Waals surface area contributed by atoms with Crippen molar-refractivity contribution < 1.29 is 4.42 Å². The minimum Gasteiger partial charge on any atom is -0.459 e. The Morgan fingerprint density at radius 2 is 2.00 bits per heavy atom. The zero-order chi connectivity index (χ0) is 14.1. The Morgan fingerprint density at radius 3 is 2.75 bits per heavy atom. The first-order valence-electron chi connectivity index (χ1n) is 6.39. The van der Waals surface area contributed by atoms with Crippen LogP contribution in [0.2, 0.25) is 5.02 Å². The summed E-state index contributed by atoms with van der Waals surface area (Å²) >= 11 is 6.00. The molecule has 3 rings (SSSR count). The van der Waals surface area contributed by atoms with E-state index < -0.39 is 0 Å². The van der Waals surface area contributed by atoms with E-state index >= 15 is 0 Å². The molecule has 0 aliphatic carbocycles. The zero-order valence-electron chi connectivity index (χ0n) is 11.1. The van der Waals surface area contributed by atoms with E-state index in [-0.39, 0.29) is 6.04 Å². The van der Waals surface area contributed by atoms with Gasteiger partial charge < -0.3 is 4.42 Å². The van der Waals surface area contributed by atoms with Crippen LogP contribution in [-0.4, -0.2) is 0 Å². The lowest BCUT2D eigenvalue weighted by atomic mass is 10.0. The molecule has 1 aromatic heterocycles. The summed E-state index contributed by atoms with van der Waals surface area (Å²) in [6.45, 7) is 2.05. The van der Waals surface area contributed by atoms with E-state index in [9.17, 15) is 0 Å². The lowest BCUT2D eigenvalue weighted by Gasteiger charge is -2.14. The van der Waals surface area contributed by atoms with Gasteiger partial charge in [-0.3, -0.25) is 5.84 Å². The van der Waals surface area contributed by atoms with E-state index in [4.69, 9.17) is 21.9 Å². The van der Waals surface area contributed by atoms with E-state index in [2.05, 4.69) is 24.5 Å². The van der Waals surface area contributed by atoms with Crippen LogP contribution in [0.1, 0.15) is 22.9 Å². The fraction of sp³-hybridized carbons (Fsp3) is 0.125. The molecule has 3 aromatic rings. The van der Waals surface area contributed by atoms with Crippen LogP contribution < -0.4 is 11.3 Å². The van der Waals surface area contributed by atoms with Crippen molar-refractivity contribution in [3.05, 3.63) is 70.4 Å². The maximum atomic E-state index is 6.00. The predicted octanol–water partition coefficient (Wildman–Crippen LogP) is 3.95. The average molecular weight is 287 g/mol. The van der Waals surface area contributed by atoms with Gasteiger partial charge in [-0.1, -0.05) is 41.4 Å². The third-order valence-corrected chi connectivity index (χ3v) is 3.56. The first kappa shape index (κ1) is 13.2. The molecular formula is C16H15ClN2O. The van der Waals surface area contributed by atoms with Gasteiger partial charge in [-0.2, -0.15) is 0 Å². The van der Waals surface area contributed by atoms with Crippen LogP contribution in [-0.2, 0) is 0 Å². The second-order valence-electron chi connectivity index (χ2n) is 4.84. The van der Waals surface area contributed by atoms with Crippen LogP contribution in [0.4, 0.5) is 0 Å². The van der Waals surface area contributed by atoms with E-state index in [0.717, 1.165) is 22.3 Å². The standard InChI is InChI=1S/C16H15ClN2O/c1-10-3-2-4-11(7-10)16(19-18)15-9-12-8-13(17)5-6-14(12)20-15/h2-9,16,19H,18H2,1H3. The molecule has 0 spiro atoms. The number of furan rings is 1. The molecule has 0 aliphatic heterocycles. The highest BCUT2D eigenvalue weighted by Gasteiger charge is 2.17. The lowest BCUT2D eigenvalue weighted by molar-refractivity contribution is 0.477. The molecule has 1 heterocycles. The number of halogens is 1. The summed E-state index contributed by atoms with van der Waals surface area (Å²) in [7, 11) is 0. The minimum atomic E-state index is -0.180. The topological polar surface area (TPSA) is 51.2 Å². The monoisotopic (exact) mass is 286 g/mol. The summed E-state index contributed by atoms with van der Waals surface area (Å²) < 4.78 is 5.87. The molecule has 2 aromatic carbocycles. The Balaban J connectivity index is 2.07. The van der Waals surface area contributed by atoms with Crippen molar-refractivity contribution in [1.29, 1.82) is 0 Å². The van der Waals surface area contributed by atoms with Crippen LogP contribution in [0, 0.1) is 6.92 Å². The molecule has 1 unspecified atom stereocenters. The molecule has 4 heteroatoms. The van der Waals surface area contributed by atoms with E-state index in [1.807, 2.05) is 36.4 Å². The van der Waals surface area contributed by atoms with Gasteiger partial charge in [0.15, 0.2) is 0 Å². The van der Waals surface area contributed by atoms with E-state index in [1.54, 1.807) is 0 Å². The van der Waals surface area contributed by atoms with Crippen molar-refractivity contribution in [2.75, 3.05) is 0 Å². The number of hydrazine groups is 1. The Bertz CT molecular complexity index is 751. The molecule has 0 saturated heterocycles. The van der Waals surface area contributed by atoms with E-state index in [0.29, 0.717) is 5.02 Å². The smallest absolute Gasteiger partial charge is 0.134 e. The Kier molecular flexibility index (Phi) is 3.49. The van der Waals surface area contributed by atoms with Gasteiger partial charge in [0.2, 0.25) is 0 Å².